The standard InChI is InChI=1S/C29H37N5O4S/c1-7-33-11-9-21-25(16-33)34-29(5,6)17-38-27-14-20(8-10-30-27)23-13-19(4)12-22(18(2)3)24(23)15-26(35)32-39(36,37)28(21)31-34/h8,10,12-14,18H,7,9,11,15-17H2,1-6H3,(H,32,35). The van der Waals surface area contributed by atoms with Gasteiger partial charge in [0.15, 0.2) is 0 Å². The molecule has 2 aliphatic heterocycles. The number of hydrogen-bond acceptors (Lipinski definition) is 7. The fourth-order valence-corrected chi connectivity index (χ4v) is 6.80. The molecule has 0 radical (unpaired) electrons. The van der Waals surface area contributed by atoms with Gasteiger partial charge in [0.25, 0.3) is 10.0 Å². The summed E-state index contributed by atoms with van der Waals surface area (Å²) in [6.07, 6.45) is 2.15. The van der Waals surface area contributed by atoms with Gasteiger partial charge < -0.3 is 4.74 Å². The van der Waals surface area contributed by atoms with Crippen LogP contribution >= 0.6 is 0 Å². The second-order valence-corrected chi connectivity index (χ2v) is 13.1. The minimum absolute atomic E-state index is 0.0727. The Hall–Kier alpha value is -3.24. The zero-order chi connectivity index (χ0) is 28.1. The van der Waals surface area contributed by atoms with Crippen molar-refractivity contribution in [2.45, 2.75) is 77.4 Å². The summed E-state index contributed by atoms with van der Waals surface area (Å²) in [4.78, 5) is 20.1. The predicted molar refractivity (Wildman–Crippen MR) is 149 cm³/mol. The van der Waals surface area contributed by atoms with E-state index in [1.54, 1.807) is 10.9 Å². The van der Waals surface area contributed by atoms with Crippen molar-refractivity contribution >= 4 is 15.9 Å². The summed E-state index contributed by atoms with van der Waals surface area (Å²) in [6, 6.07) is 7.87. The lowest BCUT2D eigenvalue weighted by atomic mass is 9.87. The molecule has 4 bridgehead atoms. The number of carbonyl (C=O) groups is 1. The largest absolute Gasteiger partial charge is 0.475 e. The zero-order valence-corrected chi connectivity index (χ0v) is 24.4. The molecule has 2 aromatic heterocycles. The van der Waals surface area contributed by atoms with Crippen LogP contribution in [0, 0.1) is 6.92 Å². The van der Waals surface area contributed by atoms with Crippen molar-refractivity contribution in [3.05, 3.63) is 58.4 Å². The highest BCUT2D eigenvalue weighted by atomic mass is 32.2. The van der Waals surface area contributed by atoms with Crippen LogP contribution in [0.4, 0.5) is 0 Å². The molecule has 0 saturated carbocycles. The first kappa shape index (κ1) is 27.3. The molecule has 10 heteroatoms. The number of rotatable bonds is 2. The van der Waals surface area contributed by atoms with Crippen LogP contribution in [0.3, 0.4) is 0 Å². The molecular weight excluding hydrogens is 514 g/mol. The quantitative estimate of drug-likeness (QED) is 0.514. The van der Waals surface area contributed by atoms with Gasteiger partial charge in [-0.15, -0.1) is 0 Å². The lowest BCUT2D eigenvalue weighted by molar-refractivity contribution is -0.118. The lowest BCUT2D eigenvalue weighted by Gasteiger charge is -2.31. The number of benzene rings is 1. The van der Waals surface area contributed by atoms with E-state index >= 15 is 0 Å². The average Bonchev–Trinajstić information content (AvgIpc) is 3.28. The molecule has 208 valence electrons. The first-order valence-electron chi connectivity index (χ1n) is 13.5. The molecule has 1 N–H and O–H groups in total. The first-order chi connectivity index (χ1) is 18.4. The van der Waals surface area contributed by atoms with Gasteiger partial charge in [0, 0.05) is 30.9 Å². The summed E-state index contributed by atoms with van der Waals surface area (Å²) in [6.45, 7) is 14.5. The maximum absolute atomic E-state index is 13.7. The number of carbonyl (C=O) groups excluding carboxylic acids is 1. The van der Waals surface area contributed by atoms with Crippen molar-refractivity contribution in [1.82, 2.24) is 24.4 Å². The Bertz CT molecular complexity index is 1540. The Morgan fingerprint density at radius 1 is 1.18 bits per heavy atom. The molecule has 39 heavy (non-hydrogen) atoms. The van der Waals surface area contributed by atoms with Crippen LogP contribution in [0.25, 0.3) is 11.1 Å². The topological polar surface area (TPSA) is 106 Å². The van der Waals surface area contributed by atoms with Crippen LogP contribution in [0.5, 0.6) is 5.88 Å². The van der Waals surface area contributed by atoms with Crippen LogP contribution in [0.2, 0.25) is 0 Å². The van der Waals surface area contributed by atoms with E-state index in [2.05, 4.69) is 46.5 Å². The van der Waals surface area contributed by atoms with E-state index in [9.17, 15) is 13.2 Å². The maximum Gasteiger partial charge on any atom is 0.283 e. The SMILES string of the molecule is CCN1CCc2c3nn(c2C1)C(C)(C)COc1cc(ccn1)-c1cc(C)cc(C(C)C)c1CC(=O)NS3(=O)=O. The first-order valence-corrected chi connectivity index (χ1v) is 15.0. The number of nitrogens with one attached hydrogen (secondary N) is 1. The number of pyridine rings is 1. The number of nitrogens with zero attached hydrogens (tertiary/aromatic N) is 4. The van der Waals surface area contributed by atoms with Gasteiger partial charge in [0.05, 0.1) is 17.7 Å². The van der Waals surface area contributed by atoms with Crippen LogP contribution in [-0.4, -0.2) is 53.7 Å². The lowest BCUT2D eigenvalue weighted by Crippen LogP contribution is -2.39. The van der Waals surface area contributed by atoms with Crippen LogP contribution in [0.1, 0.15) is 68.5 Å². The maximum atomic E-state index is 13.7. The van der Waals surface area contributed by atoms with Gasteiger partial charge in [0.1, 0.15) is 6.61 Å². The third-order valence-electron chi connectivity index (χ3n) is 7.63. The summed E-state index contributed by atoms with van der Waals surface area (Å²) < 4.78 is 37.7. The smallest absolute Gasteiger partial charge is 0.283 e. The molecule has 5 rings (SSSR count). The summed E-state index contributed by atoms with van der Waals surface area (Å²) in [5, 5.41) is 4.56. The summed E-state index contributed by atoms with van der Waals surface area (Å²) in [5.41, 5.74) is 5.40. The fourth-order valence-electron chi connectivity index (χ4n) is 5.60. The molecule has 0 fully saturated rings. The van der Waals surface area contributed by atoms with Crippen LogP contribution in [0.15, 0.2) is 35.5 Å². The van der Waals surface area contributed by atoms with Crippen molar-refractivity contribution < 1.29 is 17.9 Å². The Balaban J connectivity index is 1.70. The molecule has 0 saturated heterocycles. The van der Waals surface area contributed by atoms with E-state index in [-0.39, 0.29) is 24.0 Å². The number of hydrogen-bond donors (Lipinski definition) is 1. The van der Waals surface area contributed by atoms with Gasteiger partial charge in [-0.25, -0.2) is 9.71 Å². The summed E-state index contributed by atoms with van der Waals surface area (Å²) in [7, 11) is -4.21. The number of fused-ring (bicyclic) bond motifs is 9. The second kappa shape index (κ2) is 10.1. The number of ether oxygens (including phenoxy) is 1. The third-order valence-corrected chi connectivity index (χ3v) is 8.97. The molecule has 0 spiro atoms. The van der Waals surface area contributed by atoms with Crippen molar-refractivity contribution in [1.29, 1.82) is 0 Å². The van der Waals surface area contributed by atoms with E-state index in [1.165, 1.54) is 0 Å². The van der Waals surface area contributed by atoms with Crippen molar-refractivity contribution in [2.24, 2.45) is 0 Å². The molecule has 4 heterocycles. The summed E-state index contributed by atoms with van der Waals surface area (Å²) in [5.74, 6) is 0.00573. The molecule has 3 aromatic rings. The normalized spacial score (nSPS) is 18.8. The van der Waals surface area contributed by atoms with Gasteiger partial charge in [-0.1, -0.05) is 38.5 Å². The third kappa shape index (κ3) is 5.19. The van der Waals surface area contributed by atoms with Crippen molar-refractivity contribution in [3.8, 4) is 17.0 Å². The molecule has 1 aromatic carbocycles. The Morgan fingerprint density at radius 3 is 2.67 bits per heavy atom. The zero-order valence-electron chi connectivity index (χ0n) is 23.5. The Kier molecular flexibility index (Phi) is 7.05. The number of sulfonamides is 1. The summed E-state index contributed by atoms with van der Waals surface area (Å²) >= 11 is 0. The van der Waals surface area contributed by atoms with Gasteiger partial charge in [-0.2, -0.15) is 13.5 Å². The van der Waals surface area contributed by atoms with Crippen molar-refractivity contribution in [3.63, 3.8) is 0 Å². The minimum Gasteiger partial charge on any atom is -0.475 e. The van der Waals surface area contributed by atoms with Gasteiger partial charge >= 0.3 is 0 Å². The molecular formula is C29H37N5O4S. The molecule has 9 nitrogen and oxygen atoms in total. The van der Waals surface area contributed by atoms with Gasteiger partial charge in [-0.05, 0) is 68.0 Å². The van der Waals surface area contributed by atoms with E-state index in [0.29, 0.717) is 24.4 Å². The van der Waals surface area contributed by atoms with Gasteiger partial charge in [-0.3, -0.25) is 14.4 Å². The fraction of sp³-hybridized carbons (Fsp3) is 0.483. The highest BCUT2D eigenvalue weighted by molar-refractivity contribution is 7.90. The van der Waals surface area contributed by atoms with E-state index in [4.69, 9.17) is 4.74 Å². The molecule has 0 aliphatic carbocycles. The highest BCUT2D eigenvalue weighted by Crippen LogP contribution is 2.35. The number of aryl methyl sites for hydroxylation is 1. The molecule has 1 amide bonds. The van der Waals surface area contributed by atoms with E-state index < -0.39 is 21.5 Å². The number of aromatic nitrogens is 3. The second-order valence-electron chi connectivity index (χ2n) is 11.5. The van der Waals surface area contributed by atoms with Crippen LogP contribution < -0.4 is 9.46 Å². The molecule has 2 aliphatic rings. The van der Waals surface area contributed by atoms with Gasteiger partial charge in [0.2, 0.25) is 16.8 Å². The van der Waals surface area contributed by atoms with E-state index in [0.717, 1.165) is 46.6 Å². The van der Waals surface area contributed by atoms with E-state index in [1.807, 2.05) is 39.0 Å². The van der Waals surface area contributed by atoms with Crippen molar-refractivity contribution in [2.75, 3.05) is 19.7 Å². The predicted octanol–water partition coefficient (Wildman–Crippen LogP) is 3.93. The number of amides is 1. The minimum atomic E-state index is -4.21. The monoisotopic (exact) mass is 551 g/mol. The number of likely N-dealkylation sites (N-methyl/N-ethyl adjacent to an activating group) is 1. The highest BCUT2D eigenvalue weighted by Gasteiger charge is 2.37. The Morgan fingerprint density at radius 2 is 1.95 bits per heavy atom. The molecule has 0 atom stereocenters. The van der Waals surface area contributed by atoms with Crippen LogP contribution in [-0.2, 0) is 39.7 Å². The average molecular weight is 552 g/mol. The molecule has 0 unspecified atom stereocenters. The Labute approximate surface area is 230 Å².